The molecule has 1 atom stereocenters. The highest BCUT2D eigenvalue weighted by molar-refractivity contribution is 5.81. The number of carbonyl (C=O) groups is 1. The van der Waals surface area contributed by atoms with Crippen molar-refractivity contribution in [2.24, 2.45) is 0 Å². The lowest BCUT2D eigenvalue weighted by atomic mass is 10.0. The molecule has 148 valence electrons. The van der Waals surface area contributed by atoms with Gasteiger partial charge in [0.15, 0.2) is 6.10 Å². The van der Waals surface area contributed by atoms with Crippen LogP contribution < -0.4 is 10.4 Å². The number of ether oxygens (including phenoxy) is 1. The van der Waals surface area contributed by atoms with E-state index < -0.39 is 6.10 Å². The van der Waals surface area contributed by atoms with Crippen molar-refractivity contribution < 1.29 is 9.53 Å². The predicted octanol–water partition coefficient (Wildman–Crippen LogP) is 2.83. The van der Waals surface area contributed by atoms with E-state index in [0.717, 1.165) is 23.9 Å². The number of nitrogens with zero attached hydrogens (tertiary/aromatic N) is 3. The van der Waals surface area contributed by atoms with Crippen LogP contribution >= 0.6 is 0 Å². The van der Waals surface area contributed by atoms with E-state index in [0.29, 0.717) is 24.4 Å². The number of likely N-dealkylation sites (tertiary alicyclic amines) is 1. The number of piperidine rings is 1. The minimum atomic E-state index is -0.615. The first-order chi connectivity index (χ1) is 14.1. The van der Waals surface area contributed by atoms with E-state index in [4.69, 9.17) is 10.00 Å². The van der Waals surface area contributed by atoms with Gasteiger partial charge in [-0.2, -0.15) is 5.26 Å². The van der Waals surface area contributed by atoms with E-state index in [1.54, 1.807) is 36.1 Å². The van der Waals surface area contributed by atoms with Crippen molar-refractivity contribution in [2.45, 2.75) is 31.9 Å². The maximum atomic E-state index is 12.8. The quantitative estimate of drug-likeness (QED) is 0.742. The van der Waals surface area contributed by atoms with Gasteiger partial charge in [-0.3, -0.25) is 9.36 Å². The second-order valence-electron chi connectivity index (χ2n) is 7.27. The summed E-state index contributed by atoms with van der Waals surface area (Å²) in [6, 6.07) is 16.5. The van der Waals surface area contributed by atoms with Crippen LogP contribution in [0.5, 0.6) is 5.75 Å². The molecule has 29 heavy (non-hydrogen) atoms. The summed E-state index contributed by atoms with van der Waals surface area (Å²) in [4.78, 5) is 29.9. The lowest BCUT2D eigenvalue weighted by molar-refractivity contribution is -0.139. The molecule has 7 nitrogen and oxygen atoms in total. The third-order valence-electron chi connectivity index (χ3n) is 5.41. The van der Waals surface area contributed by atoms with E-state index in [1.807, 2.05) is 28.8 Å². The number of rotatable bonds is 4. The molecule has 1 amide bonds. The van der Waals surface area contributed by atoms with Crippen LogP contribution in [0, 0.1) is 11.3 Å². The third-order valence-corrected chi connectivity index (χ3v) is 5.41. The third kappa shape index (κ3) is 3.74. The lowest BCUT2D eigenvalue weighted by Crippen LogP contribution is -2.45. The summed E-state index contributed by atoms with van der Waals surface area (Å²) in [5, 5.41) is 8.86. The highest BCUT2D eigenvalue weighted by Gasteiger charge is 2.29. The van der Waals surface area contributed by atoms with Crippen molar-refractivity contribution in [3.8, 4) is 11.8 Å². The number of aromatic amines is 1. The van der Waals surface area contributed by atoms with Crippen LogP contribution in [-0.4, -0.2) is 39.6 Å². The molecule has 2 aromatic carbocycles. The molecule has 4 rings (SSSR count). The van der Waals surface area contributed by atoms with Gasteiger partial charge in [-0.1, -0.05) is 12.1 Å². The van der Waals surface area contributed by atoms with E-state index >= 15 is 0 Å². The van der Waals surface area contributed by atoms with Gasteiger partial charge in [0.2, 0.25) is 0 Å². The molecule has 1 aliphatic heterocycles. The number of hydrogen-bond donors (Lipinski definition) is 1. The second kappa shape index (κ2) is 7.84. The number of nitriles is 1. The first-order valence-electron chi connectivity index (χ1n) is 9.71. The summed E-state index contributed by atoms with van der Waals surface area (Å²) in [5.74, 6) is 0.490. The van der Waals surface area contributed by atoms with E-state index in [1.165, 1.54) is 0 Å². The minimum Gasteiger partial charge on any atom is -0.481 e. The Labute approximate surface area is 168 Å². The molecule has 1 aliphatic rings. The van der Waals surface area contributed by atoms with Crippen molar-refractivity contribution in [1.29, 1.82) is 5.26 Å². The monoisotopic (exact) mass is 390 g/mol. The zero-order valence-corrected chi connectivity index (χ0v) is 16.2. The summed E-state index contributed by atoms with van der Waals surface area (Å²) in [7, 11) is 0. The average molecular weight is 390 g/mol. The molecule has 1 unspecified atom stereocenters. The second-order valence-corrected chi connectivity index (χ2v) is 7.27. The number of H-pyrrole nitrogens is 1. The van der Waals surface area contributed by atoms with Gasteiger partial charge < -0.3 is 14.6 Å². The van der Waals surface area contributed by atoms with E-state index in [9.17, 15) is 9.59 Å². The van der Waals surface area contributed by atoms with Crippen molar-refractivity contribution >= 4 is 16.9 Å². The zero-order chi connectivity index (χ0) is 20.4. The zero-order valence-electron chi connectivity index (χ0n) is 16.2. The lowest BCUT2D eigenvalue weighted by Gasteiger charge is -2.34. The number of amides is 1. The molecule has 1 aromatic heterocycles. The Bertz CT molecular complexity index is 1120. The van der Waals surface area contributed by atoms with Crippen molar-refractivity contribution in [2.75, 3.05) is 13.1 Å². The number of carbonyl (C=O) groups excluding carboxylic acids is 1. The summed E-state index contributed by atoms with van der Waals surface area (Å²) in [6.07, 6.45) is 0.823. The molecular formula is C22H22N4O3. The molecule has 0 saturated carbocycles. The summed E-state index contributed by atoms with van der Waals surface area (Å²) < 4.78 is 7.56. The Hall–Kier alpha value is -3.53. The number of imidazole rings is 1. The van der Waals surface area contributed by atoms with Crippen molar-refractivity contribution in [1.82, 2.24) is 14.5 Å². The van der Waals surface area contributed by atoms with Gasteiger partial charge in [0.25, 0.3) is 5.91 Å². The fourth-order valence-electron chi connectivity index (χ4n) is 3.90. The molecular weight excluding hydrogens is 368 g/mol. The maximum absolute atomic E-state index is 12.8. The molecule has 7 heteroatoms. The number of benzene rings is 2. The Kier molecular flexibility index (Phi) is 5.09. The molecule has 2 heterocycles. The molecule has 0 aliphatic carbocycles. The van der Waals surface area contributed by atoms with Crippen LogP contribution in [0.3, 0.4) is 0 Å². The normalized spacial score (nSPS) is 15.8. The van der Waals surface area contributed by atoms with Crippen LogP contribution in [0.4, 0.5) is 0 Å². The van der Waals surface area contributed by atoms with Gasteiger partial charge >= 0.3 is 5.69 Å². The van der Waals surface area contributed by atoms with Gasteiger partial charge in [-0.15, -0.1) is 0 Å². The molecule has 1 N–H and O–H groups in total. The average Bonchev–Trinajstić information content (AvgIpc) is 3.09. The van der Waals surface area contributed by atoms with Crippen LogP contribution in [0.15, 0.2) is 53.3 Å². The number of aromatic nitrogens is 2. The van der Waals surface area contributed by atoms with Crippen LogP contribution in [0.1, 0.15) is 31.4 Å². The van der Waals surface area contributed by atoms with Gasteiger partial charge in [0, 0.05) is 19.1 Å². The van der Waals surface area contributed by atoms with Gasteiger partial charge in [0.05, 0.1) is 22.7 Å². The topological polar surface area (TPSA) is 91.1 Å². The van der Waals surface area contributed by atoms with Crippen LogP contribution in [0.25, 0.3) is 11.0 Å². The Morgan fingerprint density at radius 1 is 1.17 bits per heavy atom. The Morgan fingerprint density at radius 3 is 2.55 bits per heavy atom. The number of hydrogen-bond acceptors (Lipinski definition) is 4. The number of nitrogens with one attached hydrogen (secondary N) is 1. The largest absolute Gasteiger partial charge is 0.481 e. The summed E-state index contributed by atoms with van der Waals surface area (Å²) in [6.45, 7) is 2.89. The van der Waals surface area contributed by atoms with Crippen molar-refractivity contribution in [3.05, 3.63) is 64.6 Å². The first-order valence-corrected chi connectivity index (χ1v) is 9.71. The van der Waals surface area contributed by atoms with E-state index in [-0.39, 0.29) is 17.6 Å². The van der Waals surface area contributed by atoms with Crippen molar-refractivity contribution in [3.63, 3.8) is 0 Å². The fraction of sp³-hybridized carbons (Fsp3) is 0.318. The highest BCUT2D eigenvalue weighted by atomic mass is 16.5. The van der Waals surface area contributed by atoms with Gasteiger partial charge in [-0.05, 0) is 56.2 Å². The van der Waals surface area contributed by atoms with Gasteiger partial charge in [0.1, 0.15) is 5.75 Å². The minimum absolute atomic E-state index is 0.0671. The molecule has 0 bridgehead atoms. The smallest absolute Gasteiger partial charge is 0.326 e. The first kappa shape index (κ1) is 18.8. The maximum Gasteiger partial charge on any atom is 0.326 e. The fourth-order valence-corrected chi connectivity index (χ4v) is 3.90. The Morgan fingerprint density at radius 2 is 1.86 bits per heavy atom. The molecule has 0 spiro atoms. The standard InChI is InChI=1S/C22H22N4O3/c1-15(29-18-8-6-16(14-23)7-9-18)21(27)25-12-10-17(11-13-25)26-20-5-3-2-4-19(20)24-22(26)28/h2-9,15,17H,10-13H2,1H3,(H,24,28). The Balaban J connectivity index is 1.39. The summed E-state index contributed by atoms with van der Waals surface area (Å²) in [5.41, 5.74) is 2.18. The van der Waals surface area contributed by atoms with E-state index in [2.05, 4.69) is 11.1 Å². The van der Waals surface area contributed by atoms with Crippen LogP contribution in [-0.2, 0) is 4.79 Å². The summed E-state index contributed by atoms with van der Waals surface area (Å²) >= 11 is 0. The molecule has 3 aromatic rings. The predicted molar refractivity (Wildman–Crippen MR) is 109 cm³/mol. The molecule has 1 saturated heterocycles. The number of fused-ring (bicyclic) bond motifs is 1. The van der Waals surface area contributed by atoms with Crippen LogP contribution in [0.2, 0.25) is 0 Å². The number of para-hydroxylation sites is 2. The molecule has 1 fully saturated rings. The van der Waals surface area contributed by atoms with Gasteiger partial charge in [-0.25, -0.2) is 4.79 Å². The molecule has 0 radical (unpaired) electrons. The highest BCUT2D eigenvalue weighted by Crippen LogP contribution is 2.25. The SMILES string of the molecule is CC(Oc1ccc(C#N)cc1)C(=O)N1CCC(n2c(=O)[nH]c3ccccc32)CC1.